The monoisotopic (exact) mass is 404 g/mol. The number of anilines is 1. The SMILES string of the molecule is CC[C@@H](NC(=O)CN(c1ccc2c(c1)OCCO2)S(C)(=O)=O)c1ccccc1. The van der Waals surface area contributed by atoms with E-state index in [1.807, 2.05) is 37.3 Å². The first-order valence-corrected chi connectivity index (χ1v) is 10.9. The highest BCUT2D eigenvalue weighted by Gasteiger charge is 2.24. The fourth-order valence-electron chi connectivity index (χ4n) is 3.06. The maximum atomic E-state index is 12.6. The number of ether oxygens (including phenoxy) is 2. The quantitative estimate of drug-likeness (QED) is 0.766. The van der Waals surface area contributed by atoms with Gasteiger partial charge < -0.3 is 14.8 Å². The molecule has 150 valence electrons. The van der Waals surface area contributed by atoms with E-state index in [-0.39, 0.29) is 18.5 Å². The number of benzene rings is 2. The van der Waals surface area contributed by atoms with E-state index in [1.54, 1.807) is 18.2 Å². The second-order valence-electron chi connectivity index (χ2n) is 6.54. The molecule has 0 spiro atoms. The van der Waals surface area contributed by atoms with Gasteiger partial charge in [-0.05, 0) is 24.1 Å². The van der Waals surface area contributed by atoms with Crippen LogP contribution in [0.3, 0.4) is 0 Å². The Bertz CT molecular complexity index is 931. The predicted molar refractivity (Wildman–Crippen MR) is 107 cm³/mol. The third-order valence-electron chi connectivity index (χ3n) is 4.45. The van der Waals surface area contributed by atoms with Crippen LogP contribution in [0.25, 0.3) is 0 Å². The number of hydrogen-bond donors (Lipinski definition) is 1. The van der Waals surface area contributed by atoms with E-state index in [9.17, 15) is 13.2 Å². The molecule has 0 radical (unpaired) electrons. The molecule has 0 aromatic heterocycles. The molecule has 28 heavy (non-hydrogen) atoms. The van der Waals surface area contributed by atoms with E-state index < -0.39 is 10.0 Å². The molecule has 0 bridgehead atoms. The van der Waals surface area contributed by atoms with Crippen LogP contribution >= 0.6 is 0 Å². The summed E-state index contributed by atoms with van der Waals surface area (Å²) in [7, 11) is -3.67. The summed E-state index contributed by atoms with van der Waals surface area (Å²) < 4.78 is 36.7. The van der Waals surface area contributed by atoms with E-state index in [2.05, 4.69) is 5.32 Å². The summed E-state index contributed by atoms with van der Waals surface area (Å²) in [6.07, 6.45) is 1.77. The third-order valence-corrected chi connectivity index (χ3v) is 5.59. The highest BCUT2D eigenvalue weighted by molar-refractivity contribution is 7.92. The van der Waals surface area contributed by atoms with Crippen LogP contribution in [0.5, 0.6) is 11.5 Å². The number of carbonyl (C=O) groups is 1. The zero-order chi connectivity index (χ0) is 20.1. The molecule has 1 atom stereocenters. The molecule has 0 saturated carbocycles. The number of rotatable bonds is 7. The van der Waals surface area contributed by atoms with Crippen LogP contribution in [-0.2, 0) is 14.8 Å². The highest BCUT2D eigenvalue weighted by Crippen LogP contribution is 2.34. The van der Waals surface area contributed by atoms with Gasteiger partial charge in [-0.15, -0.1) is 0 Å². The summed E-state index contributed by atoms with van der Waals surface area (Å²) in [5, 5.41) is 2.92. The summed E-state index contributed by atoms with van der Waals surface area (Å²) >= 11 is 0. The maximum absolute atomic E-state index is 12.6. The number of amides is 1. The molecular formula is C20H24N2O5S. The van der Waals surface area contributed by atoms with Crippen molar-refractivity contribution in [3.05, 3.63) is 54.1 Å². The summed E-state index contributed by atoms with van der Waals surface area (Å²) in [6.45, 7) is 2.49. The van der Waals surface area contributed by atoms with Crippen molar-refractivity contribution in [2.75, 3.05) is 30.3 Å². The van der Waals surface area contributed by atoms with Crippen LogP contribution in [0, 0.1) is 0 Å². The molecule has 0 fully saturated rings. The van der Waals surface area contributed by atoms with E-state index in [4.69, 9.17) is 9.47 Å². The average Bonchev–Trinajstić information content (AvgIpc) is 2.69. The van der Waals surface area contributed by atoms with Crippen molar-refractivity contribution in [2.24, 2.45) is 0 Å². The van der Waals surface area contributed by atoms with E-state index in [1.165, 1.54) is 0 Å². The Morgan fingerprint density at radius 3 is 2.43 bits per heavy atom. The van der Waals surface area contributed by atoms with Crippen molar-refractivity contribution in [1.29, 1.82) is 0 Å². The fraction of sp³-hybridized carbons (Fsp3) is 0.350. The number of nitrogens with zero attached hydrogens (tertiary/aromatic N) is 1. The molecule has 0 unspecified atom stereocenters. The van der Waals surface area contributed by atoms with Gasteiger partial charge in [-0.2, -0.15) is 0 Å². The van der Waals surface area contributed by atoms with Gasteiger partial charge in [-0.3, -0.25) is 9.10 Å². The first-order valence-electron chi connectivity index (χ1n) is 9.10. The van der Waals surface area contributed by atoms with Gasteiger partial charge in [0.25, 0.3) is 0 Å². The third kappa shape index (κ3) is 4.75. The molecule has 2 aromatic carbocycles. The molecule has 1 aliphatic rings. The standard InChI is InChI=1S/C20H24N2O5S/c1-3-17(15-7-5-4-6-8-15)21-20(23)14-22(28(2,24)25)16-9-10-18-19(13-16)27-12-11-26-18/h4-10,13,17H,3,11-12,14H2,1-2H3,(H,21,23)/t17-/m1/s1. The van der Waals surface area contributed by atoms with Gasteiger partial charge in [0.1, 0.15) is 19.8 Å². The minimum absolute atomic E-state index is 0.185. The van der Waals surface area contributed by atoms with Crippen molar-refractivity contribution in [2.45, 2.75) is 19.4 Å². The summed E-state index contributed by atoms with van der Waals surface area (Å²) in [6, 6.07) is 14.2. The minimum Gasteiger partial charge on any atom is -0.486 e. The fourth-order valence-corrected chi connectivity index (χ4v) is 3.91. The summed E-state index contributed by atoms with van der Waals surface area (Å²) in [5.74, 6) is 0.646. The van der Waals surface area contributed by atoms with Gasteiger partial charge in [-0.1, -0.05) is 37.3 Å². The molecule has 0 saturated heterocycles. The number of nitrogens with one attached hydrogen (secondary N) is 1. The zero-order valence-electron chi connectivity index (χ0n) is 15.9. The van der Waals surface area contributed by atoms with Gasteiger partial charge in [0.2, 0.25) is 15.9 Å². The Kier molecular flexibility index (Phi) is 6.08. The van der Waals surface area contributed by atoms with Gasteiger partial charge in [0.15, 0.2) is 11.5 Å². The number of sulfonamides is 1. The molecular weight excluding hydrogens is 380 g/mol. The Morgan fingerprint density at radius 1 is 1.11 bits per heavy atom. The van der Waals surface area contributed by atoms with E-state index in [0.717, 1.165) is 16.1 Å². The van der Waals surface area contributed by atoms with Crippen LogP contribution < -0.4 is 19.1 Å². The van der Waals surface area contributed by atoms with Crippen molar-refractivity contribution in [3.63, 3.8) is 0 Å². The number of hydrogen-bond acceptors (Lipinski definition) is 5. The Hall–Kier alpha value is -2.74. The summed E-state index contributed by atoms with van der Waals surface area (Å²) in [4.78, 5) is 12.6. The van der Waals surface area contributed by atoms with Crippen LogP contribution in [0.15, 0.2) is 48.5 Å². The zero-order valence-corrected chi connectivity index (χ0v) is 16.7. The van der Waals surface area contributed by atoms with Crippen LogP contribution in [0.2, 0.25) is 0 Å². The molecule has 1 aliphatic heterocycles. The molecule has 1 heterocycles. The average molecular weight is 404 g/mol. The van der Waals surface area contributed by atoms with Crippen LogP contribution in [0.4, 0.5) is 5.69 Å². The summed E-state index contributed by atoms with van der Waals surface area (Å²) in [5.41, 5.74) is 1.33. The van der Waals surface area contributed by atoms with Gasteiger partial charge in [0.05, 0.1) is 18.0 Å². The Morgan fingerprint density at radius 2 is 1.79 bits per heavy atom. The second kappa shape index (κ2) is 8.52. The molecule has 2 aromatic rings. The van der Waals surface area contributed by atoms with Crippen LogP contribution in [0.1, 0.15) is 24.9 Å². The largest absolute Gasteiger partial charge is 0.486 e. The number of carbonyl (C=O) groups excluding carboxylic acids is 1. The molecule has 3 rings (SSSR count). The van der Waals surface area contributed by atoms with E-state index >= 15 is 0 Å². The number of fused-ring (bicyclic) bond motifs is 1. The highest BCUT2D eigenvalue weighted by atomic mass is 32.2. The van der Waals surface area contributed by atoms with Gasteiger partial charge in [-0.25, -0.2) is 8.42 Å². The lowest BCUT2D eigenvalue weighted by atomic mass is 10.0. The molecule has 1 amide bonds. The van der Waals surface area contributed by atoms with E-state index in [0.29, 0.717) is 36.8 Å². The molecule has 1 N–H and O–H groups in total. The van der Waals surface area contributed by atoms with Gasteiger partial charge in [0, 0.05) is 6.07 Å². The maximum Gasteiger partial charge on any atom is 0.241 e. The van der Waals surface area contributed by atoms with Crippen molar-refractivity contribution in [1.82, 2.24) is 5.32 Å². The Balaban J connectivity index is 1.78. The van der Waals surface area contributed by atoms with Crippen molar-refractivity contribution in [3.8, 4) is 11.5 Å². The normalized spacial score (nSPS) is 14.2. The lowest BCUT2D eigenvalue weighted by molar-refractivity contribution is -0.120. The second-order valence-corrected chi connectivity index (χ2v) is 8.44. The smallest absolute Gasteiger partial charge is 0.241 e. The lowest BCUT2D eigenvalue weighted by Crippen LogP contribution is -2.41. The first-order chi connectivity index (χ1) is 13.4. The predicted octanol–water partition coefficient (Wildman–Crippen LogP) is 2.49. The first kappa shape index (κ1) is 20.0. The lowest BCUT2D eigenvalue weighted by Gasteiger charge is -2.26. The van der Waals surface area contributed by atoms with Gasteiger partial charge >= 0.3 is 0 Å². The minimum atomic E-state index is -3.67. The molecule has 7 nitrogen and oxygen atoms in total. The van der Waals surface area contributed by atoms with Crippen molar-refractivity contribution < 1.29 is 22.7 Å². The Labute approximate surface area is 165 Å². The van der Waals surface area contributed by atoms with Crippen molar-refractivity contribution >= 4 is 21.6 Å². The van der Waals surface area contributed by atoms with Crippen LogP contribution in [-0.4, -0.2) is 40.3 Å². The topological polar surface area (TPSA) is 84.9 Å². The molecule has 0 aliphatic carbocycles. The molecule has 8 heteroatoms.